The number of benzene rings is 2. The minimum Gasteiger partial charge on any atom is -0.351 e. The van der Waals surface area contributed by atoms with Gasteiger partial charge in [-0.2, -0.15) is 4.99 Å². The quantitative estimate of drug-likeness (QED) is 0.719. The van der Waals surface area contributed by atoms with E-state index in [9.17, 15) is 14.4 Å². The molecule has 0 aliphatic carbocycles. The Morgan fingerprint density at radius 2 is 1.78 bits per heavy atom. The van der Waals surface area contributed by atoms with Crippen molar-refractivity contribution in [1.82, 2.24) is 4.90 Å². The molecule has 1 atom stereocenters. The molecule has 2 aromatic rings. The van der Waals surface area contributed by atoms with Crippen molar-refractivity contribution in [3.63, 3.8) is 0 Å². The number of rotatable bonds is 5. The summed E-state index contributed by atoms with van der Waals surface area (Å²) in [6.07, 6.45) is 2.29. The zero-order valence-corrected chi connectivity index (χ0v) is 19.0. The van der Waals surface area contributed by atoms with E-state index in [0.717, 1.165) is 47.9 Å². The molecule has 0 unspecified atom stereocenters. The first-order valence-corrected chi connectivity index (χ1v) is 11.6. The summed E-state index contributed by atoms with van der Waals surface area (Å²) in [5, 5.41) is 5.98. The first-order valence-electron chi connectivity index (χ1n) is 10.7. The van der Waals surface area contributed by atoms with Crippen molar-refractivity contribution in [3.05, 3.63) is 59.2 Å². The fraction of sp³-hybridized carbons (Fsp3) is 0.333. The Kier molecular flexibility index (Phi) is 6.60. The number of aliphatic imine (C=N–C) groups is 1. The molecule has 166 valence electrons. The molecular weight excluding hydrogens is 424 g/mol. The van der Waals surface area contributed by atoms with Gasteiger partial charge in [0, 0.05) is 36.4 Å². The maximum absolute atomic E-state index is 12.5. The van der Waals surface area contributed by atoms with Gasteiger partial charge in [0.15, 0.2) is 5.17 Å². The van der Waals surface area contributed by atoms with Gasteiger partial charge in [-0.05, 0) is 62.6 Å². The number of hydrogen-bond acceptors (Lipinski definition) is 5. The summed E-state index contributed by atoms with van der Waals surface area (Å²) >= 11 is 1.38. The second kappa shape index (κ2) is 9.56. The van der Waals surface area contributed by atoms with Gasteiger partial charge in [0.1, 0.15) is 5.25 Å². The van der Waals surface area contributed by atoms with Crippen molar-refractivity contribution in [3.8, 4) is 0 Å². The molecule has 1 saturated heterocycles. The van der Waals surface area contributed by atoms with Gasteiger partial charge in [-0.3, -0.25) is 14.4 Å². The van der Waals surface area contributed by atoms with Crippen LogP contribution in [-0.4, -0.2) is 46.1 Å². The number of amidine groups is 1. The van der Waals surface area contributed by atoms with E-state index in [4.69, 9.17) is 0 Å². The summed E-state index contributed by atoms with van der Waals surface area (Å²) in [7, 11) is 0. The molecule has 3 amide bonds. The molecule has 0 spiro atoms. The predicted molar refractivity (Wildman–Crippen MR) is 128 cm³/mol. The summed E-state index contributed by atoms with van der Waals surface area (Å²) in [5.41, 5.74) is 3.98. The fourth-order valence-corrected chi connectivity index (χ4v) is 4.90. The molecule has 0 aromatic heterocycles. The van der Waals surface area contributed by atoms with Crippen LogP contribution in [0.5, 0.6) is 0 Å². The van der Waals surface area contributed by atoms with Crippen LogP contribution in [0.15, 0.2) is 47.5 Å². The van der Waals surface area contributed by atoms with Gasteiger partial charge in [-0.25, -0.2) is 0 Å². The van der Waals surface area contributed by atoms with Gasteiger partial charge < -0.3 is 15.5 Å². The van der Waals surface area contributed by atoms with Crippen LogP contribution in [0.2, 0.25) is 0 Å². The molecule has 2 heterocycles. The van der Waals surface area contributed by atoms with E-state index >= 15 is 0 Å². The molecule has 2 N–H and O–H groups in total. The van der Waals surface area contributed by atoms with E-state index in [1.165, 1.54) is 11.8 Å². The third-order valence-electron chi connectivity index (χ3n) is 5.54. The maximum Gasteiger partial charge on any atom is 0.262 e. The van der Waals surface area contributed by atoms with Gasteiger partial charge in [0.2, 0.25) is 5.91 Å². The lowest BCUT2D eigenvalue weighted by Crippen LogP contribution is -2.25. The van der Waals surface area contributed by atoms with E-state index in [1.54, 1.807) is 24.3 Å². The van der Waals surface area contributed by atoms with E-state index in [0.29, 0.717) is 11.3 Å². The standard InChI is InChI=1S/C24H26N4O3S/c1-15-5-10-19(16(2)13-15)26-22(30)17-6-8-18(9-7-17)25-21(29)14-20-23(31)27-24(32-20)28-11-3-4-12-28/h5-10,13,20H,3-4,11-12,14H2,1-2H3,(H,25,29)(H,26,30)/t20-/m0/s1. The molecule has 2 aliphatic rings. The summed E-state index contributed by atoms with van der Waals surface area (Å²) < 4.78 is 0. The van der Waals surface area contributed by atoms with E-state index < -0.39 is 5.25 Å². The molecule has 2 aromatic carbocycles. The number of anilines is 2. The number of thioether (sulfide) groups is 1. The lowest BCUT2D eigenvalue weighted by Gasteiger charge is -2.16. The molecule has 32 heavy (non-hydrogen) atoms. The maximum atomic E-state index is 12.5. The van der Waals surface area contributed by atoms with Crippen LogP contribution in [0, 0.1) is 13.8 Å². The van der Waals surface area contributed by atoms with Crippen molar-refractivity contribution in [2.75, 3.05) is 23.7 Å². The highest BCUT2D eigenvalue weighted by Gasteiger charge is 2.33. The molecule has 1 fully saturated rings. The molecular formula is C24H26N4O3S. The molecule has 2 aliphatic heterocycles. The average molecular weight is 451 g/mol. The number of hydrogen-bond donors (Lipinski definition) is 2. The van der Waals surface area contributed by atoms with Crippen molar-refractivity contribution >= 4 is 46.0 Å². The molecule has 0 bridgehead atoms. The van der Waals surface area contributed by atoms with E-state index in [1.807, 2.05) is 32.0 Å². The molecule has 0 radical (unpaired) electrons. The zero-order chi connectivity index (χ0) is 22.7. The highest BCUT2D eigenvalue weighted by molar-refractivity contribution is 8.15. The molecule has 7 nitrogen and oxygen atoms in total. The van der Waals surface area contributed by atoms with Gasteiger partial charge >= 0.3 is 0 Å². The fourth-order valence-electron chi connectivity index (χ4n) is 3.79. The minimum atomic E-state index is -0.478. The zero-order valence-electron chi connectivity index (χ0n) is 18.2. The topological polar surface area (TPSA) is 90.9 Å². The van der Waals surface area contributed by atoms with Gasteiger partial charge in [-0.15, -0.1) is 0 Å². The number of nitrogens with zero attached hydrogens (tertiary/aromatic N) is 2. The Bertz CT molecular complexity index is 1080. The number of nitrogens with one attached hydrogen (secondary N) is 2. The lowest BCUT2D eigenvalue weighted by atomic mass is 10.1. The largest absolute Gasteiger partial charge is 0.351 e. The third-order valence-corrected chi connectivity index (χ3v) is 6.75. The Morgan fingerprint density at radius 3 is 2.47 bits per heavy atom. The van der Waals surface area contributed by atoms with Crippen LogP contribution >= 0.6 is 11.8 Å². The highest BCUT2D eigenvalue weighted by atomic mass is 32.2. The van der Waals surface area contributed by atoms with Crippen molar-refractivity contribution in [1.29, 1.82) is 0 Å². The molecule has 8 heteroatoms. The normalized spacial score (nSPS) is 17.9. The summed E-state index contributed by atoms with van der Waals surface area (Å²) in [6, 6.07) is 12.6. The van der Waals surface area contributed by atoms with Gasteiger partial charge in [0.25, 0.3) is 11.8 Å². The minimum absolute atomic E-state index is 0.0687. The van der Waals surface area contributed by atoms with Gasteiger partial charge in [-0.1, -0.05) is 29.5 Å². The smallest absolute Gasteiger partial charge is 0.262 e. The van der Waals surface area contributed by atoms with Crippen LogP contribution in [0.25, 0.3) is 0 Å². The molecule has 0 saturated carbocycles. The van der Waals surface area contributed by atoms with Crippen LogP contribution in [0.1, 0.15) is 40.7 Å². The number of carbonyl (C=O) groups excluding carboxylic acids is 3. The van der Waals surface area contributed by atoms with Crippen molar-refractivity contribution in [2.45, 2.75) is 38.4 Å². The predicted octanol–water partition coefficient (Wildman–Crippen LogP) is 3.98. The Labute approximate surface area is 191 Å². The summed E-state index contributed by atoms with van der Waals surface area (Å²) in [5.74, 6) is -0.707. The third kappa shape index (κ3) is 5.19. The number of aryl methyl sites for hydroxylation is 2. The SMILES string of the molecule is Cc1ccc(NC(=O)c2ccc(NC(=O)C[C@@H]3SC(N4CCCC4)=NC3=O)cc2)c(C)c1. The molecule has 4 rings (SSSR count). The Hall–Kier alpha value is -3.13. The van der Waals surface area contributed by atoms with E-state index in [-0.39, 0.29) is 24.1 Å². The van der Waals surface area contributed by atoms with Gasteiger partial charge in [0.05, 0.1) is 0 Å². The van der Waals surface area contributed by atoms with Crippen molar-refractivity contribution < 1.29 is 14.4 Å². The van der Waals surface area contributed by atoms with Crippen molar-refractivity contribution in [2.24, 2.45) is 4.99 Å². The van der Waals surface area contributed by atoms with Crippen LogP contribution < -0.4 is 10.6 Å². The first-order chi connectivity index (χ1) is 15.4. The monoisotopic (exact) mass is 450 g/mol. The van der Waals surface area contributed by atoms with E-state index in [2.05, 4.69) is 20.5 Å². The highest BCUT2D eigenvalue weighted by Crippen LogP contribution is 2.29. The summed E-state index contributed by atoms with van der Waals surface area (Å²) in [6.45, 7) is 5.79. The number of carbonyl (C=O) groups is 3. The van der Waals surface area contributed by atoms with Crippen LogP contribution in [0.4, 0.5) is 11.4 Å². The Balaban J connectivity index is 1.30. The first kappa shape index (κ1) is 22.1. The lowest BCUT2D eigenvalue weighted by molar-refractivity contribution is -0.121. The van der Waals surface area contributed by atoms with Crippen LogP contribution in [-0.2, 0) is 9.59 Å². The average Bonchev–Trinajstić information content (AvgIpc) is 3.41. The number of amides is 3. The second-order valence-electron chi connectivity index (χ2n) is 8.14. The second-order valence-corrected chi connectivity index (χ2v) is 9.31. The van der Waals surface area contributed by atoms with Crippen LogP contribution in [0.3, 0.4) is 0 Å². The number of likely N-dealkylation sites (tertiary alicyclic amines) is 1. The summed E-state index contributed by atoms with van der Waals surface area (Å²) in [4.78, 5) is 43.4. The Morgan fingerprint density at radius 1 is 1.06 bits per heavy atom.